The van der Waals surface area contributed by atoms with Crippen LogP contribution in [0, 0.1) is 0 Å². The minimum atomic E-state index is -3.98. The number of rotatable bonds is 6. The molecule has 1 fully saturated rings. The van der Waals surface area contributed by atoms with Crippen molar-refractivity contribution in [1.82, 2.24) is 4.98 Å². The molecule has 2 heterocycles. The summed E-state index contributed by atoms with van der Waals surface area (Å²) in [5.74, 6) is 0.890. The number of hydrogen-bond acceptors (Lipinski definition) is 6. The normalized spacial score (nSPS) is 14.7. The highest BCUT2D eigenvalue weighted by Gasteiger charge is 2.26. The Morgan fingerprint density at radius 2 is 2.00 bits per heavy atom. The summed E-state index contributed by atoms with van der Waals surface area (Å²) in [6, 6.07) is 9.66. The number of carbonyl (C=O) groups excluding carboxylic acids is 1. The Kier molecular flexibility index (Phi) is 5.15. The van der Waals surface area contributed by atoms with Crippen LogP contribution in [0.2, 0.25) is 0 Å². The number of oxazole rings is 1. The number of anilines is 2. The Morgan fingerprint density at radius 3 is 2.67 bits per heavy atom. The second-order valence-corrected chi connectivity index (χ2v) is 9.13. The minimum Gasteiger partial charge on any atom is -0.495 e. The summed E-state index contributed by atoms with van der Waals surface area (Å²) in [7, 11) is -2.57. The summed E-state index contributed by atoms with van der Waals surface area (Å²) in [5, 5.41) is 0. The molecule has 0 radical (unpaired) electrons. The fraction of sp³-hybridized carbons (Fsp3) is 0.333. The number of carbonyl (C=O) groups is 1. The zero-order chi connectivity index (χ0) is 21.5. The number of ether oxygens (including phenoxy) is 1. The lowest BCUT2D eigenvalue weighted by Gasteiger charge is -2.18. The highest BCUT2D eigenvalue weighted by atomic mass is 32.2. The van der Waals surface area contributed by atoms with Crippen LogP contribution in [-0.2, 0) is 14.8 Å². The quantitative estimate of drug-likeness (QED) is 0.638. The molecule has 2 aromatic carbocycles. The molecule has 1 aliphatic rings. The molecule has 1 aromatic heterocycles. The van der Waals surface area contributed by atoms with Crippen LogP contribution in [0.4, 0.5) is 11.4 Å². The predicted octanol–water partition coefficient (Wildman–Crippen LogP) is 3.89. The van der Waals surface area contributed by atoms with Gasteiger partial charge in [-0.2, -0.15) is 0 Å². The monoisotopic (exact) mass is 429 g/mol. The molecule has 158 valence electrons. The fourth-order valence-corrected chi connectivity index (χ4v) is 4.67. The molecule has 30 heavy (non-hydrogen) atoms. The Hall–Kier alpha value is -3.07. The van der Waals surface area contributed by atoms with E-state index in [9.17, 15) is 13.2 Å². The van der Waals surface area contributed by atoms with Crippen LogP contribution in [0.3, 0.4) is 0 Å². The summed E-state index contributed by atoms with van der Waals surface area (Å²) in [5.41, 5.74) is 2.04. The highest BCUT2D eigenvalue weighted by Crippen LogP contribution is 2.32. The lowest BCUT2D eigenvalue weighted by Crippen LogP contribution is -2.24. The van der Waals surface area contributed by atoms with Gasteiger partial charge in [-0.05, 0) is 36.8 Å². The van der Waals surface area contributed by atoms with Crippen LogP contribution < -0.4 is 14.4 Å². The van der Waals surface area contributed by atoms with Gasteiger partial charge >= 0.3 is 0 Å². The molecule has 0 atom stereocenters. The van der Waals surface area contributed by atoms with Gasteiger partial charge in [0.15, 0.2) is 11.5 Å². The molecule has 9 heteroatoms. The summed E-state index contributed by atoms with van der Waals surface area (Å²) in [6.45, 7) is 4.51. The molecule has 3 aromatic rings. The first-order chi connectivity index (χ1) is 14.3. The van der Waals surface area contributed by atoms with Gasteiger partial charge in [0.1, 0.15) is 16.2 Å². The van der Waals surface area contributed by atoms with E-state index in [2.05, 4.69) is 9.71 Å². The van der Waals surface area contributed by atoms with Crippen molar-refractivity contribution in [3.05, 3.63) is 42.3 Å². The Balaban J connectivity index is 1.69. The van der Waals surface area contributed by atoms with Crippen LogP contribution in [-0.4, -0.2) is 33.0 Å². The molecule has 1 N–H and O–H groups in total. The second kappa shape index (κ2) is 7.64. The van der Waals surface area contributed by atoms with Crippen LogP contribution in [0.15, 0.2) is 45.7 Å². The maximum atomic E-state index is 13.1. The first-order valence-electron chi connectivity index (χ1n) is 9.70. The van der Waals surface area contributed by atoms with Crippen molar-refractivity contribution in [2.24, 2.45) is 0 Å². The lowest BCUT2D eigenvalue weighted by atomic mass is 10.2. The van der Waals surface area contributed by atoms with E-state index < -0.39 is 10.0 Å². The molecule has 0 bridgehead atoms. The number of aromatic nitrogens is 1. The van der Waals surface area contributed by atoms with Crippen LogP contribution in [0.5, 0.6) is 5.75 Å². The number of nitrogens with one attached hydrogen (secondary N) is 1. The number of hydrogen-bond donors (Lipinski definition) is 1. The van der Waals surface area contributed by atoms with Gasteiger partial charge in [0.05, 0.1) is 12.8 Å². The third-order valence-corrected chi connectivity index (χ3v) is 6.38. The summed E-state index contributed by atoms with van der Waals surface area (Å²) < 4.78 is 39.8. The average molecular weight is 429 g/mol. The zero-order valence-corrected chi connectivity index (χ0v) is 17.8. The summed E-state index contributed by atoms with van der Waals surface area (Å²) in [4.78, 5) is 18.0. The molecule has 8 nitrogen and oxygen atoms in total. The largest absolute Gasteiger partial charge is 0.495 e. The Bertz CT molecular complexity index is 1220. The van der Waals surface area contributed by atoms with E-state index in [0.29, 0.717) is 41.3 Å². The molecular formula is C21H23N3O5S. The van der Waals surface area contributed by atoms with Crippen LogP contribution in [0.25, 0.3) is 11.1 Å². The van der Waals surface area contributed by atoms with E-state index in [1.165, 1.54) is 13.2 Å². The van der Waals surface area contributed by atoms with Crippen molar-refractivity contribution in [2.75, 3.05) is 23.3 Å². The molecule has 0 saturated carbocycles. The molecule has 1 amide bonds. The van der Waals surface area contributed by atoms with E-state index in [-0.39, 0.29) is 22.5 Å². The van der Waals surface area contributed by atoms with Crippen molar-refractivity contribution in [3.63, 3.8) is 0 Å². The maximum absolute atomic E-state index is 13.1. The lowest BCUT2D eigenvalue weighted by molar-refractivity contribution is -0.117. The first kappa shape index (κ1) is 20.2. The van der Waals surface area contributed by atoms with Gasteiger partial charge in [0, 0.05) is 30.6 Å². The zero-order valence-electron chi connectivity index (χ0n) is 17.0. The van der Waals surface area contributed by atoms with E-state index in [1.54, 1.807) is 35.2 Å². The van der Waals surface area contributed by atoms with Gasteiger partial charge in [-0.3, -0.25) is 9.52 Å². The molecule has 4 rings (SSSR count). The summed E-state index contributed by atoms with van der Waals surface area (Å²) >= 11 is 0. The van der Waals surface area contributed by atoms with E-state index in [1.807, 2.05) is 13.8 Å². The number of methoxy groups -OCH3 is 1. The van der Waals surface area contributed by atoms with Gasteiger partial charge in [-0.1, -0.05) is 13.8 Å². The van der Waals surface area contributed by atoms with E-state index >= 15 is 0 Å². The SMILES string of the molecule is COc1ccc(N2CCCC2=O)cc1S(=O)(=O)Nc1ccc2nc(C(C)C)oc2c1. The molecule has 0 unspecified atom stereocenters. The highest BCUT2D eigenvalue weighted by molar-refractivity contribution is 7.92. The molecular weight excluding hydrogens is 406 g/mol. The van der Waals surface area contributed by atoms with Gasteiger partial charge in [0.2, 0.25) is 5.91 Å². The van der Waals surface area contributed by atoms with E-state index in [0.717, 1.165) is 6.42 Å². The number of sulfonamides is 1. The third kappa shape index (κ3) is 3.72. The third-order valence-electron chi connectivity index (χ3n) is 4.97. The topological polar surface area (TPSA) is 102 Å². The number of amides is 1. The van der Waals surface area contributed by atoms with Gasteiger partial charge in [-0.25, -0.2) is 13.4 Å². The average Bonchev–Trinajstić information content (AvgIpc) is 3.33. The molecule has 0 aliphatic carbocycles. The van der Waals surface area contributed by atoms with Gasteiger partial charge in [0.25, 0.3) is 10.0 Å². The summed E-state index contributed by atoms with van der Waals surface area (Å²) in [6.07, 6.45) is 1.21. The van der Waals surface area contributed by atoms with Gasteiger partial charge < -0.3 is 14.1 Å². The second-order valence-electron chi connectivity index (χ2n) is 7.48. The minimum absolute atomic E-state index is 0.0202. The van der Waals surface area contributed by atoms with E-state index in [4.69, 9.17) is 9.15 Å². The molecule has 1 aliphatic heterocycles. The Labute approximate surface area is 174 Å². The number of nitrogens with zero attached hydrogens (tertiary/aromatic N) is 2. The van der Waals surface area contributed by atoms with Crippen LogP contribution in [0.1, 0.15) is 38.5 Å². The van der Waals surface area contributed by atoms with Gasteiger partial charge in [-0.15, -0.1) is 0 Å². The van der Waals surface area contributed by atoms with Crippen molar-refractivity contribution in [2.45, 2.75) is 37.5 Å². The fourth-order valence-electron chi connectivity index (χ4n) is 3.43. The molecule has 0 spiro atoms. The first-order valence-corrected chi connectivity index (χ1v) is 11.2. The predicted molar refractivity (Wildman–Crippen MR) is 113 cm³/mol. The number of fused-ring (bicyclic) bond motifs is 1. The maximum Gasteiger partial charge on any atom is 0.265 e. The van der Waals surface area contributed by atoms with Crippen molar-refractivity contribution < 1.29 is 22.4 Å². The smallest absolute Gasteiger partial charge is 0.265 e. The Morgan fingerprint density at radius 1 is 1.20 bits per heavy atom. The standard InChI is InChI=1S/C21H23N3O5S/c1-13(2)21-22-16-8-6-14(11-18(16)29-21)23-30(26,27)19-12-15(7-9-17(19)28-3)24-10-4-5-20(24)25/h6-9,11-13,23H,4-5,10H2,1-3H3. The molecule has 1 saturated heterocycles. The van der Waals surface area contributed by atoms with Crippen molar-refractivity contribution in [1.29, 1.82) is 0 Å². The van der Waals surface area contributed by atoms with Crippen LogP contribution >= 0.6 is 0 Å². The number of benzene rings is 2. The van der Waals surface area contributed by atoms with Crippen molar-refractivity contribution in [3.8, 4) is 5.75 Å². The van der Waals surface area contributed by atoms with Crippen molar-refractivity contribution >= 4 is 38.4 Å².